The van der Waals surface area contributed by atoms with Crippen LogP contribution in [0.2, 0.25) is 5.02 Å². The molecule has 0 aliphatic rings. The third kappa shape index (κ3) is 3.13. The second-order valence-electron chi connectivity index (χ2n) is 3.62. The molecule has 1 heterocycles. The average Bonchev–Trinajstić information content (AvgIpc) is 2.77. The van der Waals surface area contributed by atoms with Gasteiger partial charge in [-0.2, -0.15) is 5.10 Å². The average molecular weight is 362 g/mol. The number of anilines is 1. The lowest BCUT2D eigenvalue weighted by Gasteiger charge is -2.10. The Balaban J connectivity index is 2.09. The molecule has 2 rings (SSSR count). The Morgan fingerprint density at radius 2 is 2.24 bits per heavy atom. The topological polar surface area (TPSA) is 29.9 Å². The molecule has 5 heteroatoms. The van der Waals surface area contributed by atoms with Crippen LogP contribution in [0.1, 0.15) is 12.6 Å². The lowest BCUT2D eigenvalue weighted by atomic mass is 10.3. The van der Waals surface area contributed by atoms with Crippen LogP contribution in [0, 0.1) is 3.57 Å². The van der Waals surface area contributed by atoms with Gasteiger partial charge in [0.25, 0.3) is 0 Å². The van der Waals surface area contributed by atoms with E-state index in [1.807, 2.05) is 35.1 Å². The van der Waals surface area contributed by atoms with E-state index in [0.29, 0.717) is 0 Å². The molecule has 1 aromatic heterocycles. The van der Waals surface area contributed by atoms with Crippen molar-refractivity contribution in [2.24, 2.45) is 0 Å². The van der Waals surface area contributed by atoms with Crippen molar-refractivity contribution in [3.8, 4) is 0 Å². The van der Waals surface area contributed by atoms with Gasteiger partial charge in [0, 0.05) is 16.3 Å². The molecule has 0 fully saturated rings. The van der Waals surface area contributed by atoms with E-state index in [2.05, 4.69) is 39.9 Å². The summed E-state index contributed by atoms with van der Waals surface area (Å²) in [6.45, 7) is 3.69. The molecule has 0 spiro atoms. The molecular formula is C12H13ClIN3. The van der Waals surface area contributed by atoms with Crippen molar-refractivity contribution in [2.45, 2.75) is 20.0 Å². The zero-order chi connectivity index (χ0) is 12.3. The first-order chi connectivity index (χ1) is 8.20. The van der Waals surface area contributed by atoms with Crippen LogP contribution in [0.15, 0.2) is 30.5 Å². The molecular weight excluding hydrogens is 349 g/mol. The zero-order valence-corrected chi connectivity index (χ0v) is 12.4. The number of benzene rings is 1. The molecule has 0 bridgehead atoms. The smallest absolute Gasteiger partial charge is 0.0638 e. The molecule has 0 saturated heterocycles. The minimum absolute atomic E-state index is 0.730. The van der Waals surface area contributed by atoms with Crippen LogP contribution in [-0.2, 0) is 13.1 Å². The zero-order valence-electron chi connectivity index (χ0n) is 9.45. The first-order valence-corrected chi connectivity index (χ1v) is 6.86. The van der Waals surface area contributed by atoms with E-state index in [1.54, 1.807) is 0 Å². The fourth-order valence-electron chi connectivity index (χ4n) is 1.61. The van der Waals surface area contributed by atoms with Crippen LogP contribution in [0.25, 0.3) is 0 Å². The number of hydrogen-bond acceptors (Lipinski definition) is 2. The van der Waals surface area contributed by atoms with E-state index in [1.165, 1.54) is 3.57 Å². The molecule has 0 atom stereocenters. The first kappa shape index (κ1) is 12.7. The predicted molar refractivity (Wildman–Crippen MR) is 79.4 cm³/mol. The Kier molecular flexibility index (Phi) is 4.28. The van der Waals surface area contributed by atoms with Gasteiger partial charge >= 0.3 is 0 Å². The van der Waals surface area contributed by atoms with Gasteiger partial charge < -0.3 is 5.32 Å². The SMILES string of the molecule is CCn1nccc1CNc1cc(I)ccc1Cl. The quantitative estimate of drug-likeness (QED) is 0.840. The van der Waals surface area contributed by atoms with Crippen molar-refractivity contribution in [2.75, 3.05) is 5.32 Å². The molecule has 0 amide bonds. The van der Waals surface area contributed by atoms with E-state index < -0.39 is 0 Å². The molecule has 90 valence electrons. The maximum absolute atomic E-state index is 6.12. The number of halogens is 2. The van der Waals surface area contributed by atoms with E-state index in [9.17, 15) is 0 Å². The van der Waals surface area contributed by atoms with Crippen molar-refractivity contribution in [1.82, 2.24) is 9.78 Å². The van der Waals surface area contributed by atoms with Gasteiger partial charge in [0.15, 0.2) is 0 Å². The number of nitrogens with zero attached hydrogens (tertiary/aromatic N) is 2. The summed E-state index contributed by atoms with van der Waals surface area (Å²) in [5.41, 5.74) is 2.12. The number of nitrogens with one attached hydrogen (secondary N) is 1. The van der Waals surface area contributed by atoms with Crippen LogP contribution in [-0.4, -0.2) is 9.78 Å². The minimum atomic E-state index is 0.730. The highest BCUT2D eigenvalue weighted by molar-refractivity contribution is 14.1. The molecule has 0 radical (unpaired) electrons. The standard InChI is InChI=1S/C12H13ClIN3/c1-2-17-10(5-6-16-17)8-15-12-7-9(14)3-4-11(12)13/h3-7,15H,2,8H2,1H3. The normalized spacial score (nSPS) is 10.5. The van der Waals surface area contributed by atoms with Gasteiger partial charge in [-0.05, 0) is 53.8 Å². The van der Waals surface area contributed by atoms with Gasteiger partial charge in [0.05, 0.1) is 22.9 Å². The number of aryl methyl sites for hydroxylation is 1. The second kappa shape index (κ2) is 5.73. The van der Waals surface area contributed by atoms with Crippen LogP contribution >= 0.6 is 34.2 Å². The van der Waals surface area contributed by atoms with E-state index in [4.69, 9.17) is 11.6 Å². The summed E-state index contributed by atoms with van der Waals surface area (Å²) in [7, 11) is 0. The minimum Gasteiger partial charge on any atom is -0.378 e. The fourth-order valence-corrected chi connectivity index (χ4v) is 2.29. The number of aromatic nitrogens is 2. The molecule has 0 unspecified atom stereocenters. The van der Waals surface area contributed by atoms with E-state index in [-0.39, 0.29) is 0 Å². The summed E-state index contributed by atoms with van der Waals surface area (Å²) in [5.74, 6) is 0. The van der Waals surface area contributed by atoms with Crippen molar-refractivity contribution >= 4 is 39.9 Å². The van der Waals surface area contributed by atoms with Crippen LogP contribution in [0.3, 0.4) is 0 Å². The van der Waals surface area contributed by atoms with Crippen molar-refractivity contribution in [3.63, 3.8) is 0 Å². The summed E-state index contributed by atoms with van der Waals surface area (Å²) < 4.78 is 3.13. The van der Waals surface area contributed by atoms with Gasteiger partial charge in [0.2, 0.25) is 0 Å². The molecule has 1 aromatic carbocycles. The fraction of sp³-hybridized carbons (Fsp3) is 0.250. The predicted octanol–water partition coefficient (Wildman–Crippen LogP) is 3.77. The highest BCUT2D eigenvalue weighted by Crippen LogP contribution is 2.24. The van der Waals surface area contributed by atoms with Gasteiger partial charge in [-0.15, -0.1) is 0 Å². The van der Waals surface area contributed by atoms with E-state index in [0.717, 1.165) is 29.5 Å². The van der Waals surface area contributed by atoms with Crippen molar-refractivity contribution < 1.29 is 0 Å². The molecule has 0 saturated carbocycles. The van der Waals surface area contributed by atoms with E-state index >= 15 is 0 Å². The third-order valence-electron chi connectivity index (χ3n) is 2.49. The molecule has 2 aromatic rings. The monoisotopic (exact) mass is 361 g/mol. The Bertz CT molecular complexity index is 510. The summed E-state index contributed by atoms with van der Waals surface area (Å²) in [6, 6.07) is 7.95. The summed E-state index contributed by atoms with van der Waals surface area (Å²) in [4.78, 5) is 0. The summed E-state index contributed by atoms with van der Waals surface area (Å²) in [6.07, 6.45) is 1.82. The maximum atomic E-state index is 6.12. The molecule has 17 heavy (non-hydrogen) atoms. The third-order valence-corrected chi connectivity index (χ3v) is 3.49. The molecule has 1 N–H and O–H groups in total. The Labute approximate surface area is 119 Å². The Morgan fingerprint density at radius 3 is 3.00 bits per heavy atom. The maximum Gasteiger partial charge on any atom is 0.0638 e. The lowest BCUT2D eigenvalue weighted by Crippen LogP contribution is -2.08. The highest BCUT2D eigenvalue weighted by atomic mass is 127. The molecule has 0 aliphatic heterocycles. The van der Waals surface area contributed by atoms with Crippen LogP contribution in [0.4, 0.5) is 5.69 Å². The second-order valence-corrected chi connectivity index (χ2v) is 5.27. The van der Waals surface area contributed by atoms with Crippen molar-refractivity contribution in [3.05, 3.63) is 44.7 Å². The van der Waals surface area contributed by atoms with Gasteiger partial charge in [-0.1, -0.05) is 11.6 Å². The number of hydrogen-bond donors (Lipinski definition) is 1. The number of rotatable bonds is 4. The summed E-state index contributed by atoms with van der Waals surface area (Å²) >= 11 is 8.39. The highest BCUT2D eigenvalue weighted by Gasteiger charge is 2.03. The van der Waals surface area contributed by atoms with Gasteiger partial charge in [-0.3, -0.25) is 4.68 Å². The van der Waals surface area contributed by atoms with Gasteiger partial charge in [0.1, 0.15) is 0 Å². The summed E-state index contributed by atoms with van der Waals surface area (Å²) in [5, 5.41) is 8.31. The van der Waals surface area contributed by atoms with Crippen LogP contribution < -0.4 is 5.32 Å². The van der Waals surface area contributed by atoms with Crippen LogP contribution in [0.5, 0.6) is 0 Å². The Morgan fingerprint density at radius 1 is 1.41 bits per heavy atom. The largest absolute Gasteiger partial charge is 0.378 e. The Hall–Kier alpha value is -0.750. The molecule has 3 nitrogen and oxygen atoms in total. The first-order valence-electron chi connectivity index (χ1n) is 5.40. The van der Waals surface area contributed by atoms with Gasteiger partial charge in [-0.25, -0.2) is 0 Å². The lowest BCUT2D eigenvalue weighted by molar-refractivity contribution is 0.627. The molecule has 0 aliphatic carbocycles. The van der Waals surface area contributed by atoms with Crippen molar-refractivity contribution in [1.29, 1.82) is 0 Å².